The fourth-order valence-corrected chi connectivity index (χ4v) is 4.16. The van der Waals surface area contributed by atoms with Gasteiger partial charge in [0.05, 0.1) is 18.8 Å². The third-order valence-electron chi connectivity index (χ3n) is 5.86. The number of alkyl halides is 3. The average molecular weight is 555 g/mol. The van der Waals surface area contributed by atoms with Crippen molar-refractivity contribution in [2.45, 2.75) is 38.5 Å². The number of likely N-dealkylation sites (tertiary alicyclic amines) is 1. The van der Waals surface area contributed by atoms with Gasteiger partial charge in [-0.25, -0.2) is 0 Å². The highest BCUT2D eigenvalue weighted by Crippen LogP contribution is 2.35. The zero-order valence-electron chi connectivity index (χ0n) is 18.2. The van der Waals surface area contributed by atoms with Crippen molar-refractivity contribution in [1.29, 1.82) is 0 Å². The molecule has 2 N–H and O–H groups in total. The van der Waals surface area contributed by atoms with E-state index in [1.807, 2.05) is 4.90 Å². The number of likely N-dealkylation sites (N-methyl/N-ethyl adjacent to an activating group) is 1. The Kier molecular flexibility index (Phi) is 10.1. The van der Waals surface area contributed by atoms with E-state index in [1.54, 1.807) is 19.2 Å². The number of hydrogen-bond donors (Lipinski definition) is 2. The van der Waals surface area contributed by atoms with E-state index in [-0.39, 0.29) is 36.1 Å². The molecule has 6 nitrogen and oxygen atoms in total. The second-order valence-electron chi connectivity index (χ2n) is 7.67. The first-order valence-corrected chi connectivity index (χ1v) is 10.6. The Bertz CT molecular complexity index is 725. The van der Waals surface area contributed by atoms with Gasteiger partial charge in [0.15, 0.2) is 5.96 Å². The van der Waals surface area contributed by atoms with Crippen LogP contribution >= 0.6 is 24.0 Å². The second kappa shape index (κ2) is 12.1. The third kappa shape index (κ3) is 7.11. The third-order valence-corrected chi connectivity index (χ3v) is 5.86. The Balaban J connectivity index is 0.00000341. The minimum Gasteiger partial charge on any atom is -0.378 e. The molecule has 31 heavy (non-hydrogen) atoms. The molecule has 0 spiro atoms. The molecule has 0 aromatic heterocycles. The highest BCUT2D eigenvalue weighted by molar-refractivity contribution is 14.0. The molecule has 10 heteroatoms. The van der Waals surface area contributed by atoms with Crippen molar-refractivity contribution in [2.24, 2.45) is 4.99 Å². The Morgan fingerprint density at radius 1 is 1.19 bits per heavy atom. The summed E-state index contributed by atoms with van der Waals surface area (Å²) in [5.74, 6) is 0.517. The highest BCUT2D eigenvalue weighted by Gasteiger charge is 2.34. The summed E-state index contributed by atoms with van der Waals surface area (Å²) in [5, 5.41) is 6.30. The van der Waals surface area contributed by atoms with Crippen LogP contribution in [0.15, 0.2) is 23.2 Å². The molecule has 2 fully saturated rings. The molecule has 0 bridgehead atoms. The Morgan fingerprint density at radius 2 is 1.94 bits per heavy atom. The molecule has 2 aliphatic heterocycles. The number of ether oxygens (including phenoxy) is 1. The minimum absolute atomic E-state index is 0. The molecule has 3 rings (SSSR count). The molecule has 1 aromatic carbocycles. The standard InChI is InChI=1S/C21H32F3N5O.HI/c1-3-28-8-4-5-18(28)15-27-20(25-2)26-14-16-6-7-17(13-19(16)21(22,23)24)29-9-11-30-12-10-29;/h6-7,13,18H,3-5,8-12,14-15H2,1-2H3,(H2,25,26,27);1H. The van der Waals surface area contributed by atoms with Crippen LogP contribution in [-0.4, -0.2) is 69.9 Å². The minimum atomic E-state index is -4.41. The summed E-state index contributed by atoms with van der Waals surface area (Å²) in [6.07, 6.45) is -2.11. The van der Waals surface area contributed by atoms with Gasteiger partial charge in [-0.2, -0.15) is 13.2 Å². The summed E-state index contributed by atoms with van der Waals surface area (Å²) < 4.78 is 46.4. The van der Waals surface area contributed by atoms with Gasteiger partial charge < -0.3 is 20.3 Å². The Morgan fingerprint density at radius 3 is 2.58 bits per heavy atom. The normalized spacial score (nSPS) is 20.5. The first-order chi connectivity index (χ1) is 14.4. The number of nitrogens with zero attached hydrogens (tertiary/aromatic N) is 3. The summed E-state index contributed by atoms with van der Waals surface area (Å²) in [5.41, 5.74) is 0.179. The molecule has 1 unspecified atom stereocenters. The van der Waals surface area contributed by atoms with E-state index < -0.39 is 11.7 Å². The van der Waals surface area contributed by atoms with Gasteiger partial charge in [0.2, 0.25) is 0 Å². The zero-order valence-corrected chi connectivity index (χ0v) is 20.5. The highest BCUT2D eigenvalue weighted by atomic mass is 127. The van der Waals surface area contributed by atoms with Crippen LogP contribution < -0.4 is 15.5 Å². The van der Waals surface area contributed by atoms with Crippen molar-refractivity contribution in [3.63, 3.8) is 0 Å². The molecule has 1 aromatic rings. The zero-order chi connectivity index (χ0) is 21.6. The van der Waals surface area contributed by atoms with Gasteiger partial charge in [-0.3, -0.25) is 9.89 Å². The summed E-state index contributed by atoms with van der Waals surface area (Å²) in [6, 6.07) is 5.00. The van der Waals surface area contributed by atoms with E-state index in [9.17, 15) is 13.2 Å². The largest absolute Gasteiger partial charge is 0.416 e. The number of aliphatic imine (C=N–C) groups is 1. The van der Waals surface area contributed by atoms with Crippen LogP contribution in [0.3, 0.4) is 0 Å². The fraction of sp³-hybridized carbons (Fsp3) is 0.667. The maximum absolute atomic E-state index is 13.7. The van der Waals surface area contributed by atoms with Crippen molar-refractivity contribution in [2.75, 3.05) is 57.9 Å². The van der Waals surface area contributed by atoms with E-state index in [0.29, 0.717) is 44.0 Å². The van der Waals surface area contributed by atoms with E-state index >= 15 is 0 Å². The van der Waals surface area contributed by atoms with Gasteiger partial charge in [-0.05, 0) is 43.6 Å². The summed E-state index contributed by atoms with van der Waals surface area (Å²) in [4.78, 5) is 8.51. The number of benzene rings is 1. The SMILES string of the molecule is CCN1CCCC1CNC(=NC)NCc1ccc(N2CCOCC2)cc1C(F)(F)F.I. The van der Waals surface area contributed by atoms with Crippen molar-refractivity contribution in [1.82, 2.24) is 15.5 Å². The monoisotopic (exact) mass is 555 g/mol. The lowest BCUT2D eigenvalue weighted by atomic mass is 10.0. The van der Waals surface area contributed by atoms with Crippen LogP contribution in [0.5, 0.6) is 0 Å². The van der Waals surface area contributed by atoms with E-state index in [4.69, 9.17) is 4.74 Å². The molecule has 2 aliphatic rings. The van der Waals surface area contributed by atoms with Crippen LogP contribution in [0.2, 0.25) is 0 Å². The summed E-state index contributed by atoms with van der Waals surface area (Å²) >= 11 is 0. The molecule has 0 aliphatic carbocycles. The van der Waals surface area contributed by atoms with Gasteiger partial charge in [-0.15, -0.1) is 24.0 Å². The number of halogens is 4. The molecular formula is C21H33F3IN5O. The number of morpholine rings is 1. The summed E-state index contributed by atoms with van der Waals surface area (Å²) in [6.45, 7) is 7.29. The predicted molar refractivity (Wildman–Crippen MR) is 128 cm³/mol. The van der Waals surface area contributed by atoms with Crippen LogP contribution in [0.25, 0.3) is 0 Å². The lowest BCUT2D eigenvalue weighted by Crippen LogP contribution is -2.44. The van der Waals surface area contributed by atoms with E-state index in [2.05, 4.69) is 27.4 Å². The lowest BCUT2D eigenvalue weighted by molar-refractivity contribution is -0.138. The van der Waals surface area contributed by atoms with Gasteiger partial charge in [0.1, 0.15) is 0 Å². The van der Waals surface area contributed by atoms with Crippen LogP contribution in [0.4, 0.5) is 18.9 Å². The molecule has 2 heterocycles. The molecule has 176 valence electrons. The van der Waals surface area contributed by atoms with Gasteiger partial charge in [0, 0.05) is 45.0 Å². The molecule has 1 atom stereocenters. The first kappa shape index (κ1) is 26.0. The Labute approximate surface area is 199 Å². The maximum atomic E-state index is 13.7. The van der Waals surface area contributed by atoms with Crippen LogP contribution in [0, 0.1) is 0 Å². The molecular weight excluding hydrogens is 522 g/mol. The first-order valence-electron chi connectivity index (χ1n) is 10.6. The molecule has 0 saturated carbocycles. The Hall–Kier alpha value is -1.27. The maximum Gasteiger partial charge on any atom is 0.416 e. The quantitative estimate of drug-likeness (QED) is 0.321. The van der Waals surface area contributed by atoms with Crippen LogP contribution in [-0.2, 0) is 17.5 Å². The fourth-order valence-electron chi connectivity index (χ4n) is 4.16. The van der Waals surface area contributed by atoms with Gasteiger partial charge in [-0.1, -0.05) is 13.0 Å². The number of guanidine groups is 1. The average Bonchev–Trinajstić information content (AvgIpc) is 3.21. The number of rotatable bonds is 6. The smallest absolute Gasteiger partial charge is 0.378 e. The molecule has 0 amide bonds. The van der Waals surface area contributed by atoms with E-state index in [1.165, 1.54) is 12.5 Å². The predicted octanol–water partition coefficient (Wildman–Crippen LogP) is 3.31. The second-order valence-corrected chi connectivity index (χ2v) is 7.67. The van der Waals surface area contributed by atoms with Gasteiger partial charge >= 0.3 is 6.18 Å². The summed E-state index contributed by atoms with van der Waals surface area (Å²) in [7, 11) is 1.63. The molecule has 2 saturated heterocycles. The van der Waals surface area contributed by atoms with Crippen molar-refractivity contribution >= 4 is 35.6 Å². The molecule has 0 radical (unpaired) electrons. The number of anilines is 1. The van der Waals surface area contributed by atoms with Crippen LogP contribution in [0.1, 0.15) is 30.9 Å². The number of nitrogens with one attached hydrogen (secondary N) is 2. The van der Waals surface area contributed by atoms with Gasteiger partial charge in [0.25, 0.3) is 0 Å². The van der Waals surface area contributed by atoms with Crippen molar-refractivity contribution in [3.05, 3.63) is 29.3 Å². The lowest BCUT2D eigenvalue weighted by Gasteiger charge is -2.30. The van der Waals surface area contributed by atoms with Crippen molar-refractivity contribution in [3.8, 4) is 0 Å². The van der Waals surface area contributed by atoms with Crippen molar-refractivity contribution < 1.29 is 17.9 Å². The van der Waals surface area contributed by atoms with E-state index in [0.717, 1.165) is 26.1 Å². The topological polar surface area (TPSA) is 52.1 Å². The number of hydrogen-bond acceptors (Lipinski definition) is 4.